The van der Waals surface area contributed by atoms with Crippen LogP contribution in [0.15, 0.2) is 42.9 Å². The van der Waals surface area contributed by atoms with E-state index < -0.39 is 0 Å². The minimum atomic E-state index is -0.0733. The van der Waals surface area contributed by atoms with Crippen molar-refractivity contribution >= 4 is 11.9 Å². The van der Waals surface area contributed by atoms with Crippen molar-refractivity contribution in [2.75, 3.05) is 31.6 Å². The van der Waals surface area contributed by atoms with E-state index in [1.165, 1.54) is 0 Å². The lowest BCUT2D eigenvalue weighted by Gasteiger charge is -2.25. The van der Waals surface area contributed by atoms with Gasteiger partial charge in [-0.1, -0.05) is 0 Å². The lowest BCUT2D eigenvalue weighted by molar-refractivity contribution is 0.0768. The molecule has 0 saturated carbocycles. The van der Waals surface area contributed by atoms with Crippen LogP contribution in [-0.2, 0) is 0 Å². The lowest BCUT2D eigenvalue weighted by atomic mass is 10.2. The molecule has 0 atom stereocenters. The molecule has 8 nitrogen and oxygen atoms in total. The van der Waals surface area contributed by atoms with E-state index in [1.54, 1.807) is 46.4 Å². The molecule has 28 heavy (non-hydrogen) atoms. The van der Waals surface area contributed by atoms with E-state index in [0.717, 1.165) is 11.4 Å². The molecule has 0 saturated heterocycles. The maximum atomic E-state index is 13.1. The Balaban J connectivity index is 1.74. The highest BCUT2D eigenvalue weighted by Crippen LogP contribution is 2.14. The summed E-state index contributed by atoms with van der Waals surface area (Å²) in [6, 6.07) is 7.30. The van der Waals surface area contributed by atoms with Crippen molar-refractivity contribution < 1.29 is 4.79 Å². The average Bonchev–Trinajstić information content (AvgIpc) is 3.22. The van der Waals surface area contributed by atoms with Crippen LogP contribution in [0.2, 0.25) is 0 Å². The Bertz CT molecular complexity index is 919. The predicted octanol–water partition coefficient (Wildman–Crippen LogP) is 2.27. The van der Waals surface area contributed by atoms with Crippen LogP contribution in [-0.4, -0.2) is 62.2 Å². The fourth-order valence-corrected chi connectivity index (χ4v) is 2.96. The highest BCUT2D eigenvalue weighted by molar-refractivity contribution is 5.97. The Kier molecular flexibility index (Phi) is 5.98. The van der Waals surface area contributed by atoms with Crippen LogP contribution >= 0.6 is 0 Å². The first-order chi connectivity index (χ1) is 13.5. The Morgan fingerprint density at radius 1 is 1.11 bits per heavy atom. The minimum absolute atomic E-state index is 0.0733. The second kappa shape index (κ2) is 8.60. The predicted molar refractivity (Wildman–Crippen MR) is 108 cm³/mol. The van der Waals surface area contributed by atoms with Crippen molar-refractivity contribution in [3.8, 4) is 5.82 Å². The van der Waals surface area contributed by atoms with Gasteiger partial charge < -0.3 is 9.80 Å². The average molecular weight is 379 g/mol. The van der Waals surface area contributed by atoms with Gasteiger partial charge in [0, 0.05) is 56.7 Å². The van der Waals surface area contributed by atoms with E-state index in [0.29, 0.717) is 37.0 Å². The molecule has 0 aliphatic rings. The Morgan fingerprint density at radius 3 is 2.50 bits per heavy atom. The van der Waals surface area contributed by atoms with Crippen molar-refractivity contribution in [1.82, 2.24) is 29.6 Å². The molecule has 0 N–H and O–H groups in total. The molecule has 0 radical (unpaired) electrons. The van der Waals surface area contributed by atoms with Gasteiger partial charge in [-0.05, 0) is 45.0 Å². The first-order valence-electron chi connectivity index (χ1n) is 9.27. The Labute approximate surface area is 164 Å². The molecule has 146 valence electrons. The number of aryl methyl sites for hydroxylation is 2. The molecule has 0 bridgehead atoms. The van der Waals surface area contributed by atoms with Gasteiger partial charge in [0.1, 0.15) is 0 Å². The molecule has 3 aromatic heterocycles. The summed E-state index contributed by atoms with van der Waals surface area (Å²) in [5.41, 5.74) is 2.38. The van der Waals surface area contributed by atoms with Gasteiger partial charge in [0.05, 0.1) is 5.56 Å². The number of carbonyl (C=O) groups excluding carboxylic acids is 1. The molecule has 0 aromatic carbocycles. The monoisotopic (exact) mass is 379 g/mol. The third-order valence-electron chi connectivity index (χ3n) is 4.42. The molecule has 3 rings (SSSR count). The molecule has 1 amide bonds. The van der Waals surface area contributed by atoms with E-state index >= 15 is 0 Å². The summed E-state index contributed by atoms with van der Waals surface area (Å²) in [5.74, 6) is 1.12. The first-order valence-corrected chi connectivity index (χ1v) is 9.27. The molecule has 8 heteroatoms. The lowest BCUT2D eigenvalue weighted by Crippen LogP contribution is -2.38. The molecular formula is C20H25N7O. The number of hydrogen-bond acceptors (Lipinski definition) is 6. The minimum Gasteiger partial charge on any atom is -0.342 e. The number of likely N-dealkylation sites (N-methyl/N-ethyl adjacent to an activating group) is 2. The van der Waals surface area contributed by atoms with Gasteiger partial charge in [0.25, 0.3) is 5.91 Å². The van der Waals surface area contributed by atoms with Crippen molar-refractivity contribution in [1.29, 1.82) is 0 Å². The van der Waals surface area contributed by atoms with Crippen molar-refractivity contribution in [3.63, 3.8) is 0 Å². The summed E-state index contributed by atoms with van der Waals surface area (Å²) < 4.78 is 1.61. The number of amides is 1. The third-order valence-corrected chi connectivity index (χ3v) is 4.42. The quantitative estimate of drug-likeness (QED) is 0.626. The zero-order chi connectivity index (χ0) is 20.1. The standard InChI is InChI=1S/C20H25N7O/c1-5-26(13-12-25(4)20-23-15(2)14-16(3)24-20)19(28)17-8-6-9-21-18(17)27-11-7-10-22-27/h6-11,14H,5,12-13H2,1-4H3. The number of carbonyl (C=O) groups is 1. The van der Waals surface area contributed by atoms with E-state index in [4.69, 9.17) is 0 Å². The highest BCUT2D eigenvalue weighted by atomic mass is 16.2. The van der Waals surface area contributed by atoms with E-state index in [1.807, 2.05) is 38.8 Å². The van der Waals surface area contributed by atoms with Gasteiger partial charge in [0.15, 0.2) is 5.82 Å². The largest absolute Gasteiger partial charge is 0.342 e. The van der Waals surface area contributed by atoms with Crippen molar-refractivity contribution in [2.24, 2.45) is 0 Å². The number of anilines is 1. The molecule has 0 aliphatic heterocycles. The second-order valence-electron chi connectivity index (χ2n) is 6.58. The highest BCUT2D eigenvalue weighted by Gasteiger charge is 2.20. The summed E-state index contributed by atoms with van der Waals surface area (Å²) in [4.78, 5) is 30.2. The van der Waals surface area contributed by atoms with Crippen LogP contribution in [0, 0.1) is 13.8 Å². The van der Waals surface area contributed by atoms with Crippen LogP contribution < -0.4 is 4.90 Å². The van der Waals surface area contributed by atoms with Gasteiger partial charge in [-0.2, -0.15) is 5.10 Å². The van der Waals surface area contributed by atoms with Crippen molar-refractivity contribution in [3.05, 3.63) is 59.8 Å². The fraction of sp³-hybridized carbons (Fsp3) is 0.350. The first kappa shape index (κ1) is 19.5. The van der Waals surface area contributed by atoms with Crippen LogP contribution in [0.5, 0.6) is 0 Å². The molecule has 0 unspecified atom stereocenters. The topological polar surface area (TPSA) is 80.0 Å². The number of hydrogen-bond donors (Lipinski definition) is 0. The number of rotatable bonds is 7. The number of aromatic nitrogens is 5. The molecule has 0 aliphatic carbocycles. The summed E-state index contributed by atoms with van der Waals surface area (Å²) in [5, 5.41) is 4.20. The fourth-order valence-electron chi connectivity index (χ4n) is 2.96. The Morgan fingerprint density at radius 2 is 1.86 bits per heavy atom. The van der Waals surface area contributed by atoms with Crippen LogP contribution in [0.3, 0.4) is 0 Å². The van der Waals surface area contributed by atoms with Gasteiger partial charge in [0.2, 0.25) is 5.95 Å². The van der Waals surface area contributed by atoms with E-state index in [9.17, 15) is 4.79 Å². The van der Waals surface area contributed by atoms with Crippen LogP contribution in [0.25, 0.3) is 5.82 Å². The maximum Gasteiger partial charge on any atom is 0.257 e. The summed E-state index contributed by atoms with van der Waals surface area (Å²) in [6.45, 7) is 7.64. The molecular weight excluding hydrogens is 354 g/mol. The third kappa shape index (κ3) is 4.33. The number of pyridine rings is 1. The summed E-state index contributed by atoms with van der Waals surface area (Å²) in [6.07, 6.45) is 5.11. The zero-order valence-electron chi connectivity index (χ0n) is 16.7. The van der Waals surface area contributed by atoms with Gasteiger partial charge in [-0.3, -0.25) is 4.79 Å². The second-order valence-corrected chi connectivity index (χ2v) is 6.58. The van der Waals surface area contributed by atoms with Crippen molar-refractivity contribution in [2.45, 2.75) is 20.8 Å². The molecule has 3 heterocycles. The molecule has 0 fully saturated rings. The van der Waals surface area contributed by atoms with E-state index in [-0.39, 0.29) is 5.91 Å². The van der Waals surface area contributed by atoms with Gasteiger partial charge in [-0.25, -0.2) is 19.6 Å². The Hall–Kier alpha value is -3.29. The molecule has 0 spiro atoms. The van der Waals surface area contributed by atoms with Gasteiger partial charge >= 0.3 is 0 Å². The van der Waals surface area contributed by atoms with Crippen LogP contribution in [0.1, 0.15) is 28.7 Å². The van der Waals surface area contributed by atoms with Gasteiger partial charge in [-0.15, -0.1) is 0 Å². The summed E-state index contributed by atoms with van der Waals surface area (Å²) >= 11 is 0. The van der Waals surface area contributed by atoms with E-state index in [2.05, 4.69) is 20.1 Å². The SMILES string of the molecule is CCN(CCN(C)c1nc(C)cc(C)n1)C(=O)c1cccnc1-n1cccn1. The normalized spacial score (nSPS) is 10.7. The zero-order valence-corrected chi connectivity index (χ0v) is 16.7. The number of nitrogens with zero attached hydrogens (tertiary/aromatic N) is 7. The molecule has 3 aromatic rings. The van der Waals surface area contributed by atoms with Crippen LogP contribution in [0.4, 0.5) is 5.95 Å². The summed E-state index contributed by atoms with van der Waals surface area (Å²) in [7, 11) is 1.94. The smallest absolute Gasteiger partial charge is 0.257 e. The maximum absolute atomic E-state index is 13.1.